The molecule has 2 rings (SSSR count). The average Bonchev–Trinajstić information content (AvgIpc) is 2.66. The van der Waals surface area contributed by atoms with E-state index in [0.717, 1.165) is 25.3 Å². The van der Waals surface area contributed by atoms with Crippen molar-refractivity contribution < 1.29 is 32.2 Å². The van der Waals surface area contributed by atoms with Crippen LogP contribution < -0.4 is 10.1 Å². The summed E-state index contributed by atoms with van der Waals surface area (Å²) in [7, 11) is 2.32. The lowest BCUT2D eigenvalue weighted by molar-refractivity contribution is -0.138. The molecule has 0 aliphatic rings. The molecule has 27 heavy (non-hydrogen) atoms. The van der Waals surface area contributed by atoms with Crippen LogP contribution in [-0.2, 0) is 15.7 Å². The summed E-state index contributed by atoms with van der Waals surface area (Å²) in [5.74, 6) is -1.56. The van der Waals surface area contributed by atoms with Gasteiger partial charge in [0.2, 0.25) is 0 Å². The van der Waals surface area contributed by atoms with Gasteiger partial charge in [-0.15, -0.1) is 0 Å². The molecule has 0 saturated heterocycles. The molecule has 0 radical (unpaired) electrons. The van der Waals surface area contributed by atoms with Gasteiger partial charge in [-0.3, -0.25) is 4.79 Å². The third-order valence-corrected chi connectivity index (χ3v) is 3.49. The molecule has 0 aromatic heterocycles. The Bertz CT molecular complexity index is 861. The second-order valence-electron chi connectivity index (χ2n) is 5.36. The van der Waals surface area contributed by atoms with Gasteiger partial charge in [-0.25, -0.2) is 4.79 Å². The second kappa shape index (κ2) is 8.39. The van der Waals surface area contributed by atoms with Crippen LogP contribution in [0.3, 0.4) is 0 Å². The molecule has 0 aliphatic heterocycles. The van der Waals surface area contributed by atoms with Gasteiger partial charge in [0, 0.05) is 5.56 Å². The van der Waals surface area contributed by atoms with E-state index in [1.165, 1.54) is 25.3 Å². The molecule has 5 nitrogen and oxygen atoms in total. The molecule has 0 bridgehead atoms. The average molecular weight is 379 g/mol. The maximum Gasteiger partial charge on any atom is 0.416 e. The standard InChI is InChI=1S/C19H16F3NO4/c1-26-15-9-12(8-14(11-15)19(20,21)22)10-16(18(25)27-2)23-17(24)13-6-4-3-5-7-13/h3-11H,1-2H3,(H,23,24). The number of hydrogen-bond donors (Lipinski definition) is 1. The fraction of sp³-hybridized carbons (Fsp3) is 0.158. The maximum absolute atomic E-state index is 13.0. The van der Waals surface area contributed by atoms with Crippen molar-refractivity contribution in [2.75, 3.05) is 14.2 Å². The van der Waals surface area contributed by atoms with Gasteiger partial charge in [0.1, 0.15) is 11.4 Å². The minimum Gasteiger partial charge on any atom is -0.497 e. The molecule has 8 heteroatoms. The van der Waals surface area contributed by atoms with Crippen molar-refractivity contribution in [1.82, 2.24) is 5.32 Å². The number of rotatable bonds is 5. The van der Waals surface area contributed by atoms with E-state index >= 15 is 0 Å². The summed E-state index contributed by atoms with van der Waals surface area (Å²) in [6.07, 6.45) is -3.51. The first-order valence-electron chi connectivity index (χ1n) is 7.67. The number of hydrogen-bond acceptors (Lipinski definition) is 4. The van der Waals surface area contributed by atoms with Crippen LogP contribution in [0.25, 0.3) is 6.08 Å². The van der Waals surface area contributed by atoms with Crippen molar-refractivity contribution in [3.63, 3.8) is 0 Å². The molecule has 0 aliphatic carbocycles. The largest absolute Gasteiger partial charge is 0.497 e. The quantitative estimate of drug-likeness (QED) is 0.636. The third kappa shape index (κ3) is 5.34. The number of alkyl halides is 3. The van der Waals surface area contributed by atoms with Crippen LogP contribution in [-0.4, -0.2) is 26.1 Å². The SMILES string of the molecule is COC(=O)C(=Cc1cc(OC)cc(C(F)(F)F)c1)NC(=O)c1ccccc1. The molecule has 2 aromatic rings. The van der Waals surface area contributed by atoms with Crippen LogP contribution in [0.5, 0.6) is 5.75 Å². The van der Waals surface area contributed by atoms with Gasteiger partial charge in [-0.05, 0) is 42.0 Å². The fourth-order valence-corrected chi connectivity index (χ4v) is 2.19. The van der Waals surface area contributed by atoms with Crippen LogP contribution in [0.4, 0.5) is 13.2 Å². The van der Waals surface area contributed by atoms with E-state index in [1.807, 2.05) is 0 Å². The lowest BCUT2D eigenvalue weighted by atomic mass is 10.1. The Morgan fingerprint density at radius 2 is 1.70 bits per heavy atom. The number of esters is 1. The van der Waals surface area contributed by atoms with E-state index in [4.69, 9.17) is 4.74 Å². The van der Waals surface area contributed by atoms with Gasteiger partial charge < -0.3 is 14.8 Å². The molecule has 2 aromatic carbocycles. The molecule has 0 spiro atoms. The summed E-state index contributed by atoms with van der Waals surface area (Å²) in [5, 5.41) is 2.35. The van der Waals surface area contributed by atoms with E-state index in [9.17, 15) is 22.8 Å². The first kappa shape index (κ1) is 20.0. The molecular weight excluding hydrogens is 363 g/mol. The molecule has 0 saturated carbocycles. The first-order chi connectivity index (χ1) is 12.7. The van der Waals surface area contributed by atoms with Crippen molar-refractivity contribution in [2.24, 2.45) is 0 Å². The zero-order chi connectivity index (χ0) is 20.0. The number of ether oxygens (including phenoxy) is 2. The number of carbonyl (C=O) groups is 2. The van der Waals surface area contributed by atoms with Crippen LogP contribution in [0.15, 0.2) is 54.2 Å². The highest BCUT2D eigenvalue weighted by Gasteiger charge is 2.31. The van der Waals surface area contributed by atoms with E-state index in [-0.39, 0.29) is 22.6 Å². The van der Waals surface area contributed by atoms with Crippen molar-refractivity contribution in [3.05, 3.63) is 70.9 Å². The molecule has 1 N–H and O–H groups in total. The second-order valence-corrected chi connectivity index (χ2v) is 5.36. The number of halogens is 3. The summed E-state index contributed by atoms with van der Waals surface area (Å²) in [6.45, 7) is 0. The third-order valence-electron chi connectivity index (χ3n) is 3.49. The predicted octanol–water partition coefficient (Wildman–Crippen LogP) is 3.66. The maximum atomic E-state index is 13.0. The molecular formula is C19H16F3NO4. The van der Waals surface area contributed by atoms with Crippen LogP contribution in [0.2, 0.25) is 0 Å². The molecule has 1 amide bonds. The van der Waals surface area contributed by atoms with Gasteiger partial charge in [-0.2, -0.15) is 13.2 Å². The highest BCUT2D eigenvalue weighted by atomic mass is 19.4. The molecule has 0 atom stereocenters. The minimum atomic E-state index is -4.60. The fourth-order valence-electron chi connectivity index (χ4n) is 2.19. The summed E-state index contributed by atoms with van der Waals surface area (Å²) >= 11 is 0. The number of amides is 1. The van der Waals surface area contributed by atoms with Crippen molar-refractivity contribution >= 4 is 18.0 Å². The monoisotopic (exact) mass is 379 g/mol. The Balaban J connectivity index is 2.43. The molecule has 0 fully saturated rings. The van der Waals surface area contributed by atoms with Crippen LogP contribution >= 0.6 is 0 Å². The normalized spacial score (nSPS) is 11.7. The summed E-state index contributed by atoms with van der Waals surface area (Å²) in [4.78, 5) is 24.2. The zero-order valence-corrected chi connectivity index (χ0v) is 14.5. The van der Waals surface area contributed by atoms with Gasteiger partial charge in [-0.1, -0.05) is 18.2 Å². The minimum absolute atomic E-state index is 0.00966. The molecule has 142 valence electrons. The van der Waals surface area contributed by atoms with E-state index in [0.29, 0.717) is 0 Å². The number of carbonyl (C=O) groups excluding carboxylic acids is 2. The zero-order valence-electron chi connectivity index (χ0n) is 14.5. The number of nitrogens with one attached hydrogen (secondary N) is 1. The number of benzene rings is 2. The van der Waals surface area contributed by atoms with E-state index in [1.54, 1.807) is 18.2 Å². The van der Waals surface area contributed by atoms with Crippen molar-refractivity contribution in [1.29, 1.82) is 0 Å². The van der Waals surface area contributed by atoms with Crippen molar-refractivity contribution in [3.8, 4) is 5.75 Å². The lowest BCUT2D eigenvalue weighted by Gasteiger charge is -2.12. The topological polar surface area (TPSA) is 64.6 Å². The van der Waals surface area contributed by atoms with E-state index < -0.39 is 23.6 Å². The Hall–Kier alpha value is -3.29. The van der Waals surface area contributed by atoms with E-state index in [2.05, 4.69) is 10.1 Å². The Morgan fingerprint density at radius 3 is 2.26 bits per heavy atom. The Labute approximate surface area is 153 Å². The highest BCUT2D eigenvalue weighted by Crippen LogP contribution is 2.33. The van der Waals surface area contributed by atoms with Crippen LogP contribution in [0, 0.1) is 0 Å². The first-order valence-corrected chi connectivity index (χ1v) is 7.67. The molecule has 0 unspecified atom stereocenters. The number of methoxy groups -OCH3 is 2. The Kier molecular flexibility index (Phi) is 6.23. The smallest absolute Gasteiger partial charge is 0.416 e. The molecule has 0 heterocycles. The van der Waals surface area contributed by atoms with Gasteiger partial charge in [0.25, 0.3) is 5.91 Å². The lowest BCUT2D eigenvalue weighted by Crippen LogP contribution is -2.28. The van der Waals surface area contributed by atoms with Gasteiger partial charge in [0.05, 0.1) is 19.8 Å². The van der Waals surface area contributed by atoms with Gasteiger partial charge >= 0.3 is 12.1 Å². The summed E-state index contributed by atoms with van der Waals surface area (Å²) in [6, 6.07) is 11.0. The summed E-state index contributed by atoms with van der Waals surface area (Å²) in [5.41, 5.74) is -0.983. The summed E-state index contributed by atoms with van der Waals surface area (Å²) < 4.78 is 48.6. The highest BCUT2D eigenvalue weighted by molar-refractivity contribution is 6.03. The Morgan fingerprint density at radius 1 is 1.04 bits per heavy atom. The van der Waals surface area contributed by atoms with Gasteiger partial charge in [0.15, 0.2) is 0 Å². The predicted molar refractivity (Wildman–Crippen MR) is 91.9 cm³/mol. The van der Waals surface area contributed by atoms with Crippen LogP contribution in [0.1, 0.15) is 21.5 Å². The van der Waals surface area contributed by atoms with Crippen molar-refractivity contribution in [2.45, 2.75) is 6.18 Å².